The van der Waals surface area contributed by atoms with Crippen LogP contribution in [0.3, 0.4) is 0 Å². The lowest BCUT2D eigenvalue weighted by molar-refractivity contribution is 0.238. The number of rotatable bonds is 3. The maximum absolute atomic E-state index is 12.6. The summed E-state index contributed by atoms with van der Waals surface area (Å²) in [5, 5.41) is 2.07. The van der Waals surface area contributed by atoms with E-state index in [1.807, 2.05) is 12.1 Å². The van der Waals surface area contributed by atoms with Gasteiger partial charge in [-0.2, -0.15) is 0 Å². The highest BCUT2D eigenvalue weighted by molar-refractivity contribution is 7.13. The molecule has 0 amide bonds. The maximum Gasteiger partial charge on any atom is 0.255 e. The van der Waals surface area contributed by atoms with Crippen molar-refractivity contribution in [1.82, 2.24) is 19.9 Å². The SMILES string of the molecule is CC(C)(C)c1nc2c(c(=O)[nH]1)CN(Cc1cccc(-c3cccs3)n1)CC2. The van der Waals surface area contributed by atoms with Crippen LogP contribution in [0.2, 0.25) is 0 Å². The number of hydrogen-bond donors (Lipinski definition) is 1. The van der Waals surface area contributed by atoms with Crippen LogP contribution in [0.4, 0.5) is 0 Å². The van der Waals surface area contributed by atoms with E-state index in [-0.39, 0.29) is 11.0 Å². The normalized spacial score (nSPS) is 14.9. The van der Waals surface area contributed by atoms with Gasteiger partial charge in [-0.3, -0.25) is 14.7 Å². The first-order valence-electron chi connectivity index (χ1n) is 9.25. The van der Waals surface area contributed by atoms with Crippen molar-refractivity contribution in [3.8, 4) is 10.6 Å². The van der Waals surface area contributed by atoms with Crippen molar-refractivity contribution >= 4 is 11.3 Å². The van der Waals surface area contributed by atoms with E-state index in [2.05, 4.69) is 54.2 Å². The number of thiophene rings is 1. The molecule has 3 aromatic rings. The number of aromatic nitrogens is 3. The first-order chi connectivity index (χ1) is 12.9. The van der Waals surface area contributed by atoms with Gasteiger partial charge < -0.3 is 4.98 Å². The van der Waals surface area contributed by atoms with Crippen molar-refractivity contribution in [2.24, 2.45) is 0 Å². The lowest BCUT2D eigenvalue weighted by atomic mass is 9.95. The Hall–Kier alpha value is -2.31. The van der Waals surface area contributed by atoms with Gasteiger partial charge in [-0.15, -0.1) is 11.3 Å². The highest BCUT2D eigenvalue weighted by Crippen LogP contribution is 2.24. The van der Waals surface area contributed by atoms with Crippen molar-refractivity contribution in [2.75, 3.05) is 6.54 Å². The van der Waals surface area contributed by atoms with Gasteiger partial charge in [-0.05, 0) is 23.6 Å². The molecule has 0 saturated carbocycles. The predicted octanol–water partition coefficient (Wildman–Crippen LogP) is 3.75. The summed E-state index contributed by atoms with van der Waals surface area (Å²) >= 11 is 1.70. The molecule has 5 nitrogen and oxygen atoms in total. The van der Waals surface area contributed by atoms with E-state index in [9.17, 15) is 4.79 Å². The maximum atomic E-state index is 12.6. The summed E-state index contributed by atoms with van der Waals surface area (Å²) in [6.45, 7) is 8.45. The molecule has 6 heteroatoms. The van der Waals surface area contributed by atoms with E-state index in [4.69, 9.17) is 9.97 Å². The van der Waals surface area contributed by atoms with Crippen LogP contribution in [0.5, 0.6) is 0 Å². The second-order valence-corrected chi connectivity index (χ2v) is 8.99. The standard InChI is InChI=1S/C21H24N4OS/c1-21(2,3)20-23-16-9-10-25(13-15(16)19(26)24-20)12-14-6-4-7-17(22-14)18-8-5-11-27-18/h4-8,11H,9-10,12-13H2,1-3H3,(H,23,24,26). The second kappa shape index (κ2) is 7.02. The number of nitrogens with one attached hydrogen (secondary N) is 1. The molecule has 4 rings (SSSR count). The number of pyridine rings is 1. The Morgan fingerprint density at radius 3 is 2.78 bits per heavy atom. The Bertz CT molecular complexity index is 1000. The summed E-state index contributed by atoms with van der Waals surface area (Å²) in [6, 6.07) is 10.3. The molecule has 0 spiro atoms. The number of fused-ring (bicyclic) bond motifs is 1. The van der Waals surface area contributed by atoms with Gasteiger partial charge in [0.2, 0.25) is 0 Å². The molecule has 0 fully saturated rings. The van der Waals surface area contributed by atoms with Gasteiger partial charge in [0.25, 0.3) is 5.56 Å². The van der Waals surface area contributed by atoms with Crippen LogP contribution in [-0.4, -0.2) is 26.4 Å². The van der Waals surface area contributed by atoms with Gasteiger partial charge in [0, 0.05) is 31.5 Å². The summed E-state index contributed by atoms with van der Waals surface area (Å²) in [5.41, 5.74) is 3.62. The number of hydrogen-bond acceptors (Lipinski definition) is 5. The summed E-state index contributed by atoms with van der Waals surface area (Å²) < 4.78 is 0. The van der Waals surface area contributed by atoms with E-state index >= 15 is 0 Å². The summed E-state index contributed by atoms with van der Waals surface area (Å²) in [6.07, 6.45) is 0.799. The van der Waals surface area contributed by atoms with Crippen LogP contribution >= 0.6 is 11.3 Å². The zero-order chi connectivity index (χ0) is 19.0. The van der Waals surface area contributed by atoms with Crippen LogP contribution in [0.1, 0.15) is 43.5 Å². The van der Waals surface area contributed by atoms with Crippen LogP contribution in [-0.2, 0) is 24.9 Å². The molecule has 0 atom stereocenters. The third-order valence-corrected chi connectivity index (χ3v) is 5.72. The topological polar surface area (TPSA) is 61.9 Å². The highest BCUT2D eigenvalue weighted by Gasteiger charge is 2.25. The first-order valence-corrected chi connectivity index (χ1v) is 10.1. The van der Waals surface area contributed by atoms with Crippen LogP contribution in [0, 0.1) is 0 Å². The van der Waals surface area contributed by atoms with Gasteiger partial charge in [0.05, 0.1) is 27.5 Å². The molecule has 4 heterocycles. The lowest BCUT2D eigenvalue weighted by Crippen LogP contribution is -2.37. The van der Waals surface area contributed by atoms with Gasteiger partial charge in [0.1, 0.15) is 5.82 Å². The van der Waals surface area contributed by atoms with Crippen molar-refractivity contribution < 1.29 is 0 Å². The fourth-order valence-electron chi connectivity index (χ4n) is 3.33. The number of H-pyrrole nitrogens is 1. The van der Waals surface area contributed by atoms with Gasteiger partial charge in [-0.1, -0.05) is 32.9 Å². The van der Waals surface area contributed by atoms with Gasteiger partial charge in [-0.25, -0.2) is 4.98 Å². The average Bonchev–Trinajstić information content (AvgIpc) is 3.16. The first kappa shape index (κ1) is 18.1. The Kier molecular flexibility index (Phi) is 4.70. The molecule has 0 aliphatic carbocycles. The van der Waals surface area contributed by atoms with Crippen molar-refractivity contribution in [2.45, 2.75) is 45.7 Å². The van der Waals surface area contributed by atoms with E-state index in [1.54, 1.807) is 11.3 Å². The number of nitrogens with zero attached hydrogens (tertiary/aromatic N) is 3. The van der Waals surface area contributed by atoms with E-state index in [0.29, 0.717) is 6.54 Å². The van der Waals surface area contributed by atoms with E-state index in [1.165, 1.54) is 4.88 Å². The Morgan fingerprint density at radius 2 is 2.04 bits per heavy atom. The minimum absolute atomic E-state index is 0.00470. The Balaban J connectivity index is 1.54. The molecule has 0 radical (unpaired) electrons. The zero-order valence-electron chi connectivity index (χ0n) is 16.0. The minimum atomic E-state index is -0.155. The molecule has 0 unspecified atom stereocenters. The fourth-order valence-corrected chi connectivity index (χ4v) is 4.02. The second-order valence-electron chi connectivity index (χ2n) is 8.04. The zero-order valence-corrected chi connectivity index (χ0v) is 16.8. The molecule has 140 valence electrons. The Labute approximate surface area is 163 Å². The third-order valence-electron chi connectivity index (χ3n) is 4.82. The predicted molar refractivity (Wildman–Crippen MR) is 109 cm³/mol. The lowest BCUT2D eigenvalue weighted by Gasteiger charge is -2.28. The van der Waals surface area contributed by atoms with Crippen LogP contribution < -0.4 is 5.56 Å². The number of aromatic amines is 1. The van der Waals surface area contributed by atoms with E-state index in [0.717, 1.165) is 48.0 Å². The van der Waals surface area contributed by atoms with Crippen LogP contribution in [0.25, 0.3) is 10.6 Å². The Morgan fingerprint density at radius 1 is 1.19 bits per heavy atom. The van der Waals surface area contributed by atoms with Crippen LogP contribution in [0.15, 0.2) is 40.5 Å². The van der Waals surface area contributed by atoms with Crippen molar-refractivity contribution in [3.05, 3.63) is 68.8 Å². The summed E-state index contributed by atoms with van der Waals surface area (Å²) in [4.78, 5) is 28.6. The third kappa shape index (κ3) is 3.87. The molecule has 1 aliphatic rings. The van der Waals surface area contributed by atoms with Gasteiger partial charge >= 0.3 is 0 Å². The molecule has 3 aromatic heterocycles. The molecule has 1 N–H and O–H groups in total. The molecular weight excluding hydrogens is 356 g/mol. The van der Waals surface area contributed by atoms with E-state index < -0.39 is 0 Å². The largest absolute Gasteiger partial charge is 0.310 e. The summed E-state index contributed by atoms with van der Waals surface area (Å²) in [7, 11) is 0. The molecule has 0 saturated heterocycles. The molecule has 0 bridgehead atoms. The fraction of sp³-hybridized carbons (Fsp3) is 0.381. The van der Waals surface area contributed by atoms with Gasteiger partial charge in [0.15, 0.2) is 0 Å². The van der Waals surface area contributed by atoms with Crippen molar-refractivity contribution in [3.63, 3.8) is 0 Å². The van der Waals surface area contributed by atoms with Crippen molar-refractivity contribution in [1.29, 1.82) is 0 Å². The quantitative estimate of drug-likeness (QED) is 0.752. The molecule has 0 aromatic carbocycles. The average molecular weight is 381 g/mol. The molecular formula is C21H24N4OS. The minimum Gasteiger partial charge on any atom is -0.310 e. The smallest absolute Gasteiger partial charge is 0.255 e. The highest BCUT2D eigenvalue weighted by atomic mass is 32.1. The monoisotopic (exact) mass is 380 g/mol. The summed E-state index contributed by atoms with van der Waals surface area (Å²) in [5.74, 6) is 0.769. The molecule has 1 aliphatic heterocycles. The molecule has 27 heavy (non-hydrogen) atoms.